The van der Waals surface area contributed by atoms with Crippen LogP contribution >= 0.6 is 0 Å². The zero-order valence-corrected chi connectivity index (χ0v) is 11.9. The average Bonchev–Trinajstić information content (AvgIpc) is 2.86. The van der Waals surface area contributed by atoms with Gasteiger partial charge in [0.2, 0.25) is 0 Å². The lowest BCUT2D eigenvalue weighted by Crippen LogP contribution is -2.15. The Morgan fingerprint density at radius 3 is 2.37 bits per heavy atom. The summed E-state index contributed by atoms with van der Waals surface area (Å²) < 4.78 is 5.76. The summed E-state index contributed by atoms with van der Waals surface area (Å²) in [5, 5.41) is 3.09. The number of rotatable bonds is 6. The molecule has 0 atom stereocenters. The van der Waals surface area contributed by atoms with Gasteiger partial charge in [-0.25, -0.2) is 0 Å². The molecular formula is C16H22N2O. The zero-order chi connectivity index (χ0) is 13.7. The Labute approximate surface area is 115 Å². The molecule has 0 bridgehead atoms. The van der Waals surface area contributed by atoms with Gasteiger partial charge in [-0.05, 0) is 43.3 Å². The minimum atomic E-state index is 0.773. The highest BCUT2D eigenvalue weighted by atomic mass is 16.3. The first-order chi connectivity index (χ1) is 9.22. The van der Waals surface area contributed by atoms with Gasteiger partial charge in [-0.15, -0.1) is 0 Å². The number of anilines is 1. The van der Waals surface area contributed by atoms with E-state index in [1.165, 1.54) is 11.3 Å². The van der Waals surface area contributed by atoms with Crippen molar-refractivity contribution in [1.82, 2.24) is 5.32 Å². The fourth-order valence-electron chi connectivity index (χ4n) is 2.09. The van der Waals surface area contributed by atoms with E-state index < -0.39 is 0 Å². The third-order valence-corrected chi connectivity index (χ3v) is 3.25. The Morgan fingerprint density at radius 2 is 1.74 bits per heavy atom. The van der Waals surface area contributed by atoms with Crippen LogP contribution in [-0.2, 0) is 19.5 Å². The lowest BCUT2D eigenvalue weighted by atomic mass is 10.1. The molecule has 102 valence electrons. The van der Waals surface area contributed by atoms with E-state index in [1.54, 1.807) is 0 Å². The van der Waals surface area contributed by atoms with Crippen LogP contribution in [-0.4, -0.2) is 14.1 Å². The molecule has 1 aromatic heterocycles. The second-order valence-electron chi connectivity index (χ2n) is 4.77. The van der Waals surface area contributed by atoms with E-state index in [0.717, 1.165) is 31.0 Å². The van der Waals surface area contributed by atoms with Gasteiger partial charge in [0.05, 0.1) is 13.1 Å². The summed E-state index contributed by atoms with van der Waals surface area (Å²) >= 11 is 0. The molecule has 3 nitrogen and oxygen atoms in total. The highest BCUT2D eigenvalue weighted by Crippen LogP contribution is 2.18. The van der Waals surface area contributed by atoms with Crippen molar-refractivity contribution in [2.75, 3.05) is 19.0 Å². The van der Waals surface area contributed by atoms with Crippen molar-refractivity contribution in [3.63, 3.8) is 0 Å². The number of hydrogen-bond acceptors (Lipinski definition) is 3. The van der Waals surface area contributed by atoms with Crippen LogP contribution in [0.5, 0.6) is 0 Å². The molecule has 1 N–H and O–H groups in total. The molecule has 0 unspecified atom stereocenters. The summed E-state index contributed by atoms with van der Waals surface area (Å²) in [6.07, 6.45) is 1.08. The van der Waals surface area contributed by atoms with Crippen LogP contribution < -0.4 is 10.2 Å². The smallest absolute Gasteiger partial charge is 0.123 e. The lowest BCUT2D eigenvalue weighted by molar-refractivity contribution is 0.453. The fourth-order valence-corrected chi connectivity index (χ4v) is 2.09. The van der Waals surface area contributed by atoms with Gasteiger partial charge >= 0.3 is 0 Å². The van der Waals surface area contributed by atoms with Crippen molar-refractivity contribution in [3.05, 3.63) is 53.5 Å². The molecular weight excluding hydrogens is 236 g/mol. The maximum Gasteiger partial charge on any atom is 0.123 e. The number of hydrogen-bond donors (Lipinski definition) is 1. The molecule has 0 fully saturated rings. The Bertz CT molecular complexity index is 502. The summed E-state index contributed by atoms with van der Waals surface area (Å²) in [4.78, 5) is 2.20. The predicted molar refractivity (Wildman–Crippen MR) is 79.4 cm³/mol. The van der Waals surface area contributed by atoms with Crippen LogP contribution in [0.4, 0.5) is 5.69 Å². The maximum absolute atomic E-state index is 5.76. The van der Waals surface area contributed by atoms with E-state index in [1.807, 2.05) is 19.2 Å². The first kappa shape index (κ1) is 13.7. The summed E-state index contributed by atoms with van der Waals surface area (Å²) in [5.41, 5.74) is 2.58. The Balaban J connectivity index is 2.00. The Kier molecular flexibility index (Phi) is 4.63. The molecule has 0 saturated carbocycles. The first-order valence-electron chi connectivity index (χ1n) is 6.75. The van der Waals surface area contributed by atoms with E-state index in [-0.39, 0.29) is 0 Å². The Morgan fingerprint density at radius 1 is 1.05 bits per heavy atom. The molecule has 0 amide bonds. The highest BCUT2D eigenvalue weighted by molar-refractivity contribution is 5.47. The van der Waals surface area contributed by atoms with Crippen molar-refractivity contribution in [2.24, 2.45) is 0 Å². The van der Waals surface area contributed by atoms with Gasteiger partial charge in [-0.2, -0.15) is 0 Å². The normalized spacial score (nSPS) is 10.7. The van der Waals surface area contributed by atoms with E-state index in [0.29, 0.717) is 0 Å². The average molecular weight is 258 g/mol. The summed E-state index contributed by atoms with van der Waals surface area (Å²) in [6.45, 7) is 3.73. The number of nitrogens with zero attached hydrogens (tertiary/aromatic N) is 1. The van der Waals surface area contributed by atoms with Crippen LogP contribution in [0.15, 0.2) is 40.8 Å². The SMILES string of the molecule is CCc1ccc(N(C)Cc2ccc(CNC)o2)cc1. The molecule has 1 aromatic carbocycles. The largest absolute Gasteiger partial charge is 0.463 e. The predicted octanol–water partition coefficient (Wildman–Crippen LogP) is 3.20. The van der Waals surface area contributed by atoms with Crippen LogP contribution in [0.25, 0.3) is 0 Å². The Hall–Kier alpha value is -1.74. The van der Waals surface area contributed by atoms with Gasteiger partial charge in [-0.1, -0.05) is 19.1 Å². The molecule has 19 heavy (non-hydrogen) atoms. The van der Waals surface area contributed by atoms with Crippen molar-refractivity contribution < 1.29 is 4.42 Å². The quantitative estimate of drug-likeness (QED) is 0.862. The van der Waals surface area contributed by atoms with Crippen LogP contribution in [0.3, 0.4) is 0 Å². The molecule has 0 radical (unpaired) electrons. The van der Waals surface area contributed by atoms with Crippen LogP contribution in [0.2, 0.25) is 0 Å². The van der Waals surface area contributed by atoms with Crippen molar-refractivity contribution in [2.45, 2.75) is 26.4 Å². The van der Waals surface area contributed by atoms with Crippen molar-refractivity contribution >= 4 is 5.69 Å². The summed E-state index contributed by atoms with van der Waals surface area (Å²) in [7, 11) is 4.00. The minimum absolute atomic E-state index is 0.773. The molecule has 2 rings (SSSR count). The maximum atomic E-state index is 5.76. The number of nitrogens with one attached hydrogen (secondary N) is 1. The molecule has 2 aromatic rings. The number of benzene rings is 1. The van der Waals surface area contributed by atoms with Gasteiger partial charge in [0.15, 0.2) is 0 Å². The van der Waals surface area contributed by atoms with Crippen LogP contribution in [0.1, 0.15) is 24.0 Å². The number of aryl methyl sites for hydroxylation is 1. The minimum Gasteiger partial charge on any atom is -0.463 e. The van der Waals surface area contributed by atoms with Crippen molar-refractivity contribution in [3.8, 4) is 0 Å². The monoisotopic (exact) mass is 258 g/mol. The third kappa shape index (κ3) is 3.61. The van der Waals surface area contributed by atoms with Crippen LogP contribution in [0, 0.1) is 0 Å². The third-order valence-electron chi connectivity index (χ3n) is 3.25. The van der Waals surface area contributed by atoms with Gasteiger partial charge in [0.25, 0.3) is 0 Å². The van der Waals surface area contributed by atoms with E-state index in [4.69, 9.17) is 4.42 Å². The van der Waals surface area contributed by atoms with Crippen molar-refractivity contribution in [1.29, 1.82) is 0 Å². The zero-order valence-electron chi connectivity index (χ0n) is 11.9. The van der Waals surface area contributed by atoms with E-state index >= 15 is 0 Å². The molecule has 0 spiro atoms. The summed E-state index contributed by atoms with van der Waals surface area (Å²) in [6, 6.07) is 12.8. The van der Waals surface area contributed by atoms with Gasteiger partial charge < -0.3 is 14.6 Å². The fraction of sp³-hybridized carbons (Fsp3) is 0.375. The topological polar surface area (TPSA) is 28.4 Å². The second kappa shape index (κ2) is 6.43. The number of furan rings is 1. The van der Waals surface area contributed by atoms with Gasteiger partial charge in [0.1, 0.15) is 11.5 Å². The molecule has 0 aliphatic rings. The second-order valence-corrected chi connectivity index (χ2v) is 4.77. The first-order valence-corrected chi connectivity index (χ1v) is 6.75. The molecule has 0 saturated heterocycles. The van der Waals surface area contributed by atoms with Gasteiger partial charge in [0, 0.05) is 12.7 Å². The summed E-state index contributed by atoms with van der Waals surface area (Å²) in [5.74, 6) is 1.97. The lowest BCUT2D eigenvalue weighted by Gasteiger charge is -2.18. The van der Waals surface area contributed by atoms with E-state index in [2.05, 4.69) is 48.5 Å². The highest BCUT2D eigenvalue weighted by Gasteiger charge is 2.06. The molecule has 0 aliphatic heterocycles. The molecule has 0 aliphatic carbocycles. The van der Waals surface area contributed by atoms with Gasteiger partial charge in [-0.3, -0.25) is 0 Å². The van der Waals surface area contributed by atoms with E-state index in [9.17, 15) is 0 Å². The molecule has 1 heterocycles. The standard InChI is InChI=1S/C16H22N2O/c1-4-13-5-7-14(8-6-13)18(3)12-16-10-9-15(19-16)11-17-2/h5-10,17H,4,11-12H2,1-3H3. The molecule has 3 heteroatoms.